The van der Waals surface area contributed by atoms with Crippen LogP contribution in [0.25, 0.3) is 6.08 Å². The lowest BCUT2D eigenvalue weighted by Gasteiger charge is -2.35. The van der Waals surface area contributed by atoms with E-state index in [1.165, 1.54) is 6.92 Å². The zero-order valence-electron chi connectivity index (χ0n) is 15.4. The van der Waals surface area contributed by atoms with Gasteiger partial charge in [0.15, 0.2) is 5.78 Å². The minimum absolute atomic E-state index is 0.140. The molecule has 5 nitrogen and oxygen atoms in total. The summed E-state index contributed by atoms with van der Waals surface area (Å²) in [6.07, 6.45) is 3.75. The van der Waals surface area contributed by atoms with Gasteiger partial charge in [0, 0.05) is 16.2 Å². The van der Waals surface area contributed by atoms with E-state index in [9.17, 15) is 14.4 Å². The molecule has 29 heavy (non-hydrogen) atoms. The van der Waals surface area contributed by atoms with Crippen molar-refractivity contribution in [1.82, 2.24) is 4.90 Å². The Labute approximate surface area is 177 Å². The first-order valence-corrected chi connectivity index (χ1v) is 10.0. The van der Waals surface area contributed by atoms with Crippen molar-refractivity contribution in [2.45, 2.75) is 19.0 Å². The summed E-state index contributed by atoms with van der Waals surface area (Å²) in [5, 5.41) is 0.668. The minimum atomic E-state index is -0.751. The van der Waals surface area contributed by atoms with Crippen LogP contribution in [0.5, 0.6) is 0 Å². The molecule has 0 aromatic heterocycles. The number of Topliss-reactive ketones (excluding diaryl/α,β-unsaturated/α-hetero) is 1. The molecule has 0 N–H and O–H groups in total. The van der Waals surface area contributed by atoms with Crippen molar-refractivity contribution in [3.63, 3.8) is 0 Å². The van der Waals surface area contributed by atoms with Gasteiger partial charge in [-0.1, -0.05) is 47.5 Å². The second-order valence-electron chi connectivity index (χ2n) is 7.58. The van der Waals surface area contributed by atoms with Crippen molar-refractivity contribution in [3.05, 3.63) is 69.8 Å². The first kappa shape index (κ1) is 18.4. The molecule has 3 aliphatic rings. The standard InChI is InChI=1S/C22H16Cl2N2O3/c1-11(27)19-17-18(20-16-5-3-2-4-12(16)6-7-25(19)20)22(29)26(21(17)28)15-9-13(23)8-14(24)10-15/h2-10,17-20H,1H3. The molecule has 2 saturated heterocycles. The minimum Gasteiger partial charge on any atom is -0.359 e. The summed E-state index contributed by atoms with van der Waals surface area (Å²) in [6, 6.07) is 11.3. The smallest absolute Gasteiger partial charge is 0.240 e. The van der Waals surface area contributed by atoms with Gasteiger partial charge in [0.25, 0.3) is 0 Å². The van der Waals surface area contributed by atoms with Crippen LogP contribution in [0.3, 0.4) is 0 Å². The summed E-state index contributed by atoms with van der Waals surface area (Å²) < 4.78 is 0. The van der Waals surface area contributed by atoms with Crippen molar-refractivity contribution in [2.75, 3.05) is 4.90 Å². The molecule has 4 atom stereocenters. The molecule has 2 amide bonds. The van der Waals surface area contributed by atoms with Gasteiger partial charge < -0.3 is 4.90 Å². The predicted octanol–water partition coefficient (Wildman–Crippen LogP) is 4.10. The molecule has 146 valence electrons. The van der Waals surface area contributed by atoms with Gasteiger partial charge in [-0.2, -0.15) is 0 Å². The Morgan fingerprint density at radius 2 is 1.62 bits per heavy atom. The first-order chi connectivity index (χ1) is 13.9. The quantitative estimate of drug-likeness (QED) is 0.678. The number of fused-ring (bicyclic) bond motifs is 5. The summed E-state index contributed by atoms with van der Waals surface area (Å²) in [5.41, 5.74) is 2.27. The van der Waals surface area contributed by atoms with Crippen LogP contribution in [0, 0.1) is 11.8 Å². The lowest BCUT2D eigenvalue weighted by atomic mass is 9.84. The van der Waals surface area contributed by atoms with E-state index in [0.717, 1.165) is 16.0 Å². The van der Waals surface area contributed by atoms with Gasteiger partial charge in [0.1, 0.15) is 0 Å². The highest BCUT2D eigenvalue weighted by Crippen LogP contribution is 2.53. The number of carbonyl (C=O) groups excluding carboxylic acids is 3. The highest BCUT2D eigenvalue weighted by molar-refractivity contribution is 6.35. The van der Waals surface area contributed by atoms with Crippen molar-refractivity contribution in [1.29, 1.82) is 0 Å². The molecule has 7 heteroatoms. The van der Waals surface area contributed by atoms with Gasteiger partial charge in [0.2, 0.25) is 11.8 Å². The van der Waals surface area contributed by atoms with Crippen LogP contribution in [0.2, 0.25) is 10.0 Å². The number of rotatable bonds is 2. The molecule has 0 aliphatic carbocycles. The topological polar surface area (TPSA) is 57.7 Å². The molecule has 2 fully saturated rings. The largest absolute Gasteiger partial charge is 0.359 e. The number of anilines is 1. The molecule has 5 rings (SSSR count). The SMILES string of the molecule is CC(=O)C1C2C(=O)N(c3cc(Cl)cc(Cl)c3)C(=O)C2C2c3ccccc3C=CN12. The fraction of sp³-hybridized carbons (Fsp3) is 0.227. The summed E-state index contributed by atoms with van der Waals surface area (Å²) in [5.74, 6) is -2.27. The maximum Gasteiger partial charge on any atom is 0.240 e. The lowest BCUT2D eigenvalue weighted by Crippen LogP contribution is -2.43. The summed E-state index contributed by atoms with van der Waals surface area (Å²) in [4.78, 5) is 42.5. The molecule has 0 radical (unpaired) electrons. The van der Waals surface area contributed by atoms with Crippen molar-refractivity contribution < 1.29 is 14.4 Å². The first-order valence-electron chi connectivity index (χ1n) is 9.27. The fourth-order valence-corrected chi connectivity index (χ4v) is 5.46. The maximum atomic E-state index is 13.5. The van der Waals surface area contributed by atoms with Crippen LogP contribution in [0.15, 0.2) is 48.7 Å². The maximum absolute atomic E-state index is 13.5. The van der Waals surface area contributed by atoms with E-state index in [1.54, 1.807) is 18.2 Å². The molecule has 4 unspecified atom stereocenters. The molecular formula is C22H16Cl2N2O3. The number of hydrogen-bond acceptors (Lipinski definition) is 4. The van der Waals surface area contributed by atoms with Gasteiger partial charge in [-0.3, -0.25) is 14.4 Å². The number of ketones is 1. The highest BCUT2D eigenvalue weighted by atomic mass is 35.5. The molecule has 0 saturated carbocycles. The number of hydrogen-bond donors (Lipinski definition) is 0. The number of carbonyl (C=O) groups is 3. The molecule has 2 aromatic carbocycles. The third kappa shape index (κ3) is 2.57. The number of halogens is 2. The van der Waals surface area contributed by atoms with Gasteiger partial charge in [-0.05, 0) is 42.3 Å². The van der Waals surface area contributed by atoms with E-state index < -0.39 is 17.9 Å². The number of amides is 2. The zero-order valence-corrected chi connectivity index (χ0v) is 16.9. The third-order valence-electron chi connectivity index (χ3n) is 5.98. The van der Waals surface area contributed by atoms with E-state index >= 15 is 0 Å². The van der Waals surface area contributed by atoms with Crippen LogP contribution in [0.1, 0.15) is 24.1 Å². The highest BCUT2D eigenvalue weighted by Gasteiger charge is 2.63. The zero-order chi connectivity index (χ0) is 20.4. The van der Waals surface area contributed by atoms with Crippen LogP contribution < -0.4 is 4.90 Å². The summed E-state index contributed by atoms with van der Waals surface area (Å²) in [6.45, 7) is 1.47. The summed E-state index contributed by atoms with van der Waals surface area (Å²) in [7, 11) is 0. The molecule has 0 bridgehead atoms. The van der Waals surface area contributed by atoms with E-state index in [2.05, 4.69) is 0 Å². The van der Waals surface area contributed by atoms with Crippen LogP contribution in [0.4, 0.5) is 5.69 Å². The van der Waals surface area contributed by atoms with Crippen molar-refractivity contribution in [3.8, 4) is 0 Å². The van der Waals surface area contributed by atoms with Gasteiger partial charge in [-0.25, -0.2) is 4.90 Å². The Kier molecular flexibility index (Phi) is 4.09. The van der Waals surface area contributed by atoms with Gasteiger partial charge in [0.05, 0.1) is 29.6 Å². The number of imide groups is 1. The monoisotopic (exact) mass is 426 g/mol. The van der Waals surface area contributed by atoms with Crippen LogP contribution >= 0.6 is 23.2 Å². The number of benzene rings is 2. The Morgan fingerprint density at radius 3 is 2.31 bits per heavy atom. The van der Waals surface area contributed by atoms with Crippen LogP contribution in [-0.4, -0.2) is 28.5 Å². The average molecular weight is 427 g/mol. The van der Waals surface area contributed by atoms with Crippen molar-refractivity contribution >= 4 is 52.6 Å². The molecule has 0 spiro atoms. The van der Waals surface area contributed by atoms with Gasteiger partial charge in [-0.15, -0.1) is 0 Å². The molecule has 3 heterocycles. The lowest BCUT2D eigenvalue weighted by molar-refractivity contribution is -0.129. The Bertz CT molecular complexity index is 1090. The second-order valence-corrected chi connectivity index (χ2v) is 8.46. The van der Waals surface area contributed by atoms with E-state index in [0.29, 0.717) is 15.7 Å². The average Bonchev–Trinajstić information content (AvgIpc) is 3.14. The molecule has 3 aliphatic heterocycles. The third-order valence-corrected chi connectivity index (χ3v) is 6.42. The molecule has 2 aromatic rings. The Balaban J connectivity index is 1.66. The van der Waals surface area contributed by atoms with E-state index in [4.69, 9.17) is 23.2 Å². The number of nitrogens with zero attached hydrogens (tertiary/aromatic N) is 2. The Morgan fingerprint density at radius 1 is 0.966 bits per heavy atom. The Hall–Kier alpha value is -2.63. The predicted molar refractivity (Wildman–Crippen MR) is 110 cm³/mol. The summed E-state index contributed by atoms with van der Waals surface area (Å²) >= 11 is 12.2. The second kappa shape index (κ2) is 6.44. The van der Waals surface area contributed by atoms with E-state index in [-0.39, 0.29) is 23.6 Å². The van der Waals surface area contributed by atoms with Crippen LogP contribution in [-0.2, 0) is 14.4 Å². The van der Waals surface area contributed by atoms with Crippen molar-refractivity contribution in [2.24, 2.45) is 11.8 Å². The van der Waals surface area contributed by atoms with Gasteiger partial charge >= 0.3 is 0 Å². The molecular weight excluding hydrogens is 411 g/mol. The normalized spacial score (nSPS) is 27.1. The van der Waals surface area contributed by atoms with E-state index in [1.807, 2.05) is 41.4 Å². The fourth-order valence-electron chi connectivity index (χ4n) is 4.94.